The molecular formula is C19H20BrN3O3. The summed E-state index contributed by atoms with van der Waals surface area (Å²) in [7, 11) is 1.84. The van der Waals surface area contributed by atoms with Crippen molar-refractivity contribution in [2.24, 2.45) is 7.05 Å². The van der Waals surface area contributed by atoms with Gasteiger partial charge in [-0.3, -0.25) is 4.68 Å². The Morgan fingerprint density at radius 2 is 2.00 bits per heavy atom. The molecule has 0 aliphatic heterocycles. The van der Waals surface area contributed by atoms with E-state index in [9.17, 15) is 4.79 Å². The standard InChI is InChI=1S/C19H20BrN3O3/c1-19(2,3)26-18(24)13-7-5-6-12(10-13)11-25-17-16-14(23(4)22-17)8-9-15(20)21-16/h5-10H,11H2,1-4H3. The Balaban J connectivity index is 1.78. The summed E-state index contributed by atoms with van der Waals surface area (Å²) in [5, 5.41) is 4.37. The summed E-state index contributed by atoms with van der Waals surface area (Å²) in [5.74, 6) is 0.0969. The molecule has 0 saturated heterocycles. The maximum absolute atomic E-state index is 12.2. The highest BCUT2D eigenvalue weighted by Crippen LogP contribution is 2.25. The highest BCUT2D eigenvalue weighted by molar-refractivity contribution is 9.10. The Morgan fingerprint density at radius 3 is 2.73 bits per heavy atom. The zero-order valence-electron chi connectivity index (χ0n) is 15.1. The molecule has 26 heavy (non-hydrogen) atoms. The van der Waals surface area contributed by atoms with Gasteiger partial charge in [-0.25, -0.2) is 9.78 Å². The SMILES string of the molecule is Cn1nc(OCc2cccc(C(=O)OC(C)(C)C)c2)c2nc(Br)ccc21. The van der Waals surface area contributed by atoms with Gasteiger partial charge in [-0.1, -0.05) is 12.1 Å². The average molecular weight is 418 g/mol. The topological polar surface area (TPSA) is 66.2 Å². The van der Waals surface area contributed by atoms with Crippen molar-refractivity contribution in [1.82, 2.24) is 14.8 Å². The molecule has 0 fully saturated rings. The second-order valence-corrected chi connectivity index (χ2v) is 7.73. The summed E-state index contributed by atoms with van der Waals surface area (Å²) >= 11 is 3.37. The van der Waals surface area contributed by atoms with Gasteiger partial charge < -0.3 is 9.47 Å². The Bertz CT molecular complexity index is 960. The van der Waals surface area contributed by atoms with E-state index in [1.807, 2.05) is 52.1 Å². The number of ether oxygens (including phenoxy) is 2. The first-order valence-electron chi connectivity index (χ1n) is 8.17. The Kier molecular flexibility index (Phi) is 5.00. The molecule has 136 valence electrons. The number of pyridine rings is 1. The Morgan fingerprint density at radius 1 is 1.23 bits per heavy atom. The van der Waals surface area contributed by atoms with E-state index in [1.54, 1.807) is 16.8 Å². The van der Waals surface area contributed by atoms with E-state index in [0.29, 0.717) is 17.0 Å². The summed E-state index contributed by atoms with van der Waals surface area (Å²) in [6.45, 7) is 5.80. The van der Waals surface area contributed by atoms with Crippen molar-refractivity contribution in [1.29, 1.82) is 0 Å². The fourth-order valence-electron chi connectivity index (χ4n) is 2.46. The third kappa shape index (κ3) is 4.22. The predicted molar refractivity (Wildman–Crippen MR) is 102 cm³/mol. The molecule has 0 aliphatic carbocycles. The minimum atomic E-state index is -0.532. The number of aryl methyl sites for hydroxylation is 1. The molecule has 3 rings (SSSR count). The molecule has 0 atom stereocenters. The van der Waals surface area contributed by atoms with E-state index in [-0.39, 0.29) is 12.6 Å². The zero-order chi connectivity index (χ0) is 18.9. The van der Waals surface area contributed by atoms with Gasteiger partial charge in [0.2, 0.25) is 0 Å². The lowest BCUT2D eigenvalue weighted by Gasteiger charge is -2.19. The molecule has 2 aromatic heterocycles. The molecule has 1 aromatic carbocycles. The van der Waals surface area contributed by atoms with Crippen molar-refractivity contribution in [3.05, 3.63) is 52.1 Å². The summed E-state index contributed by atoms with van der Waals surface area (Å²) in [6.07, 6.45) is 0. The van der Waals surface area contributed by atoms with Crippen LogP contribution in [0.5, 0.6) is 5.88 Å². The third-order valence-corrected chi connectivity index (χ3v) is 4.01. The average Bonchev–Trinajstić information content (AvgIpc) is 2.87. The number of esters is 1. The monoisotopic (exact) mass is 417 g/mol. The van der Waals surface area contributed by atoms with Crippen LogP contribution in [0.25, 0.3) is 11.0 Å². The first kappa shape index (κ1) is 18.4. The van der Waals surface area contributed by atoms with E-state index >= 15 is 0 Å². The number of aromatic nitrogens is 3. The molecule has 2 heterocycles. The quantitative estimate of drug-likeness (QED) is 0.468. The van der Waals surface area contributed by atoms with Gasteiger partial charge in [0, 0.05) is 7.05 Å². The normalized spacial score (nSPS) is 11.6. The van der Waals surface area contributed by atoms with Crippen LogP contribution in [0.2, 0.25) is 0 Å². The van der Waals surface area contributed by atoms with Crippen LogP contribution in [0.3, 0.4) is 0 Å². The number of carbonyl (C=O) groups is 1. The number of nitrogens with zero attached hydrogens (tertiary/aromatic N) is 3. The molecule has 3 aromatic rings. The lowest BCUT2D eigenvalue weighted by Crippen LogP contribution is -2.23. The van der Waals surface area contributed by atoms with Crippen molar-refractivity contribution in [3.8, 4) is 5.88 Å². The maximum Gasteiger partial charge on any atom is 0.338 e. The van der Waals surface area contributed by atoms with Crippen LogP contribution in [-0.2, 0) is 18.4 Å². The van der Waals surface area contributed by atoms with Crippen LogP contribution in [-0.4, -0.2) is 26.3 Å². The first-order valence-corrected chi connectivity index (χ1v) is 8.96. The molecule has 6 nitrogen and oxygen atoms in total. The van der Waals surface area contributed by atoms with E-state index in [0.717, 1.165) is 15.7 Å². The molecular weight excluding hydrogens is 398 g/mol. The Labute approximate surface area is 160 Å². The van der Waals surface area contributed by atoms with Gasteiger partial charge in [0.05, 0.1) is 11.1 Å². The molecule has 7 heteroatoms. The predicted octanol–water partition coefficient (Wildman–Crippen LogP) is 4.27. The lowest BCUT2D eigenvalue weighted by molar-refractivity contribution is 0.00693. The van der Waals surface area contributed by atoms with Gasteiger partial charge in [0.25, 0.3) is 5.88 Å². The molecule has 0 unspecified atom stereocenters. The van der Waals surface area contributed by atoms with Gasteiger partial charge in [-0.15, -0.1) is 5.10 Å². The second kappa shape index (κ2) is 7.07. The summed E-state index contributed by atoms with van der Waals surface area (Å²) < 4.78 is 13.7. The number of benzene rings is 1. The fourth-order valence-corrected chi connectivity index (χ4v) is 2.77. The van der Waals surface area contributed by atoms with Crippen LogP contribution in [0.4, 0.5) is 0 Å². The summed E-state index contributed by atoms with van der Waals surface area (Å²) in [4.78, 5) is 16.6. The maximum atomic E-state index is 12.2. The number of carbonyl (C=O) groups excluding carboxylic acids is 1. The van der Waals surface area contributed by atoms with Crippen LogP contribution in [0, 0.1) is 0 Å². The number of hydrogen-bond acceptors (Lipinski definition) is 5. The molecule has 0 amide bonds. The summed E-state index contributed by atoms with van der Waals surface area (Å²) in [6, 6.07) is 11.0. The second-order valence-electron chi connectivity index (χ2n) is 6.92. The number of hydrogen-bond donors (Lipinski definition) is 0. The number of halogens is 1. The highest BCUT2D eigenvalue weighted by Gasteiger charge is 2.18. The van der Waals surface area contributed by atoms with Crippen LogP contribution in [0.15, 0.2) is 41.0 Å². The van der Waals surface area contributed by atoms with E-state index < -0.39 is 5.60 Å². The zero-order valence-corrected chi connectivity index (χ0v) is 16.7. The highest BCUT2D eigenvalue weighted by atomic mass is 79.9. The van der Waals surface area contributed by atoms with Gasteiger partial charge in [0.15, 0.2) is 5.52 Å². The van der Waals surface area contributed by atoms with Crippen molar-refractivity contribution in [3.63, 3.8) is 0 Å². The molecule has 0 aliphatic rings. The smallest absolute Gasteiger partial charge is 0.338 e. The van der Waals surface area contributed by atoms with Gasteiger partial charge in [0.1, 0.15) is 16.8 Å². The fraction of sp³-hybridized carbons (Fsp3) is 0.316. The van der Waals surface area contributed by atoms with E-state index in [1.165, 1.54) is 0 Å². The minimum Gasteiger partial charge on any atom is -0.470 e. The van der Waals surface area contributed by atoms with E-state index in [2.05, 4.69) is 26.0 Å². The largest absolute Gasteiger partial charge is 0.470 e. The Hall–Kier alpha value is -2.41. The molecule has 0 radical (unpaired) electrons. The van der Waals surface area contributed by atoms with E-state index in [4.69, 9.17) is 9.47 Å². The van der Waals surface area contributed by atoms with Gasteiger partial charge in [-0.05, 0) is 66.5 Å². The van der Waals surface area contributed by atoms with Crippen molar-refractivity contribution in [2.75, 3.05) is 0 Å². The lowest BCUT2D eigenvalue weighted by atomic mass is 10.1. The van der Waals surface area contributed by atoms with Crippen LogP contribution >= 0.6 is 15.9 Å². The molecule has 0 saturated carbocycles. The van der Waals surface area contributed by atoms with Crippen LogP contribution < -0.4 is 4.74 Å². The van der Waals surface area contributed by atoms with Crippen molar-refractivity contribution in [2.45, 2.75) is 33.0 Å². The van der Waals surface area contributed by atoms with Crippen molar-refractivity contribution < 1.29 is 14.3 Å². The van der Waals surface area contributed by atoms with Gasteiger partial charge >= 0.3 is 5.97 Å². The first-order chi connectivity index (χ1) is 12.2. The van der Waals surface area contributed by atoms with Crippen molar-refractivity contribution >= 4 is 32.9 Å². The summed E-state index contributed by atoms with van der Waals surface area (Å²) in [5.41, 5.74) is 2.38. The van der Waals surface area contributed by atoms with Crippen LogP contribution in [0.1, 0.15) is 36.7 Å². The van der Waals surface area contributed by atoms with Gasteiger partial charge in [-0.2, -0.15) is 0 Å². The molecule has 0 spiro atoms. The minimum absolute atomic E-state index is 0.275. The molecule has 0 bridgehead atoms. The molecule has 0 N–H and O–H groups in total. The number of rotatable bonds is 4. The third-order valence-electron chi connectivity index (χ3n) is 3.57. The number of fused-ring (bicyclic) bond motifs is 1.